The lowest BCUT2D eigenvalue weighted by atomic mass is 10.0. The molecular weight excluding hydrogens is 366 g/mol. The van der Waals surface area contributed by atoms with Gasteiger partial charge in [0.15, 0.2) is 0 Å². The van der Waals surface area contributed by atoms with Gasteiger partial charge in [0.2, 0.25) is 11.8 Å². The fourth-order valence-electron chi connectivity index (χ4n) is 3.88. The Hall–Kier alpha value is -3.02. The molecule has 152 valence electrons. The molecule has 2 aliphatic rings. The molecule has 29 heavy (non-hydrogen) atoms. The molecule has 2 fully saturated rings. The quantitative estimate of drug-likeness (QED) is 0.720. The van der Waals surface area contributed by atoms with Crippen LogP contribution in [0.2, 0.25) is 0 Å². The molecule has 2 N–H and O–H groups in total. The number of amides is 2. The summed E-state index contributed by atoms with van der Waals surface area (Å²) < 4.78 is 5.23. The molecule has 1 saturated heterocycles. The molecule has 6 heteroatoms. The zero-order chi connectivity index (χ0) is 20.2. The zero-order valence-corrected chi connectivity index (χ0v) is 16.7. The van der Waals surface area contributed by atoms with Gasteiger partial charge in [-0.3, -0.25) is 9.59 Å². The van der Waals surface area contributed by atoms with Crippen LogP contribution in [0.15, 0.2) is 48.5 Å². The van der Waals surface area contributed by atoms with E-state index in [0.29, 0.717) is 12.3 Å². The van der Waals surface area contributed by atoms with Crippen molar-refractivity contribution in [2.45, 2.75) is 31.7 Å². The number of nitrogens with one attached hydrogen (secondary N) is 2. The SMILES string of the molecule is COc1ccc(C(NC(=O)CNc2ccccc2N2CCCC2=O)C2CC2)cc1. The summed E-state index contributed by atoms with van der Waals surface area (Å²) in [6.07, 6.45) is 3.72. The summed E-state index contributed by atoms with van der Waals surface area (Å²) in [5.74, 6) is 1.38. The van der Waals surface area contributed by atoms with Crippen molar-refractivity contribution in [1.29, 1.82) is 0 Å². The summed E-state index contributed by atoms with van der Waals surface area (Å²) in [6.45, 7) is 0.892. The van der Waals surface area contributed by atoms with Crippen LogP contribution in [0.3, 0.4) is 0 Å². The number of methoxy groups -OCH3 is 1. The van der Waals surface area contributed by atoms with E-state index in [4.69, 9.17) is 4.74 Å². The minimum Gasteiger partial charge on any atom is -0.497 e. The number of rotatable bonds is 8. The molecule has 1 heterocycles. The Morgan fingerprint density at radius 2 is 1.93 bits per heavy atom. The van der Waals surface area contributed by atoms with Crippen LogP contribution in [0.5, 0.6) is 5.75 Å². The van der Waals surface area contributed by atoms with E-state index >= 15 is 0 Å². The van der Waals surface area contributed by atoms with Gasteiger partial charge < -0.3 is 20.3 Å². The fraction of sp³-hybridized carbons (Fsp3) is 0.391. The smallest absolute Gasteiger partial charge is 0.239 e. The Bertz CT molecular complexity index is 877. The highest BCUT2D eigenvalue weighted by Gasteiger charge is 2.33. The number of hydrogen-bond acceptors (Lipinski definition) is 4. The van der Waals surface area contributed by atoms with E-state index < -0.39 is 0 Å². The second-order valence-corrected chi connectivity index (χ2v) is 7.68. The predicted octanol–water partition coefficient (Wildman–Crippen LogP) is 3.50. The average Bonchev–Trinajstić information content (AvgIpc) is 3.51. The van der Waals surface area contributed by atoms with Gasteiger partial charge in [0.05, 0.1) is 31.1 Å². The number of ether oxygens (including phenoxy) is 1. The molecule has 1 unspecified atom stereocenters. The molecule has 2 aromatic carbocycles. The lowest BCUT2D eigenvalue weighted by Crippen LogP contribution is -2.34. The van der Waals surface area contributed by atoms with E-state index in [0.717, 1.165) is 48.5 Å². The molecule has 2 aromatic rings. The highest BCUT2D eigenvalue weighted by molar-refractivity contribution is 5.98. The average molecular weight is 393 g/mol. The van der Waals surface area contributed by atoms with E-state index in [1.54, 1.807) is 12.0 Å². The molecule has 1 saturated carbocycles. The lowest BCUT2D eigenvalue weighted by molar-refractivity contribution is -0.120. The Morgan fingerprint density at radius 1 is 1.17 bits per heavy atom. The number of hydrogen-bond donors (Lipinski definition) is 2. The molecular formula is C23H27N3O3. The summed E-state index contributed by atoms with van der Waals surface area (Å²) in [6, 6.07) is 15.6. The van der Waals surface area contributed by atoms with Crippen LogP contribution in [0.4, 0.5) is 11.4 Å². The van der Waals surface area contributed by atoms with Gasteiger partial charge in [-0.1, -0.05) is 24.3 Å². The zero-order valence-electron chi connectivity index (χ0n) is 16.7. The minimum absolute atomic E-state index is 0.0191. The Morgan fingerprint density at radius 3 is 2.59 bits per heavy atom. The fourth-order valence-corrected chi connectivity index (χ4v) is 3.88. The highest BCUT2D eigenvalue weighted by Crippen LogP contribution is 2.41. The normalized spacial score (nSPS) is 17.1. The lowest BCUT2D eigenvalue weighted by Gasteiger charge is -2.22. The highest BCUT2D eigenvalue weighted by atomic mass is 16.5. The van der Waals surface area contributed by atoms with Crippen molar-refractivity contribution in [3.63, 3.8) is 0 Å². The summed E-state index contributed by atoms with van der Waals surface area (Å²) in [4.78, 5) is 26.6. The summed E-state index contributed by atoms with van der Waals surface area (Å²) in [7, 11) is 1.65. The van der Waals surface area contributed by atoms with E-state index in [-0.39, 0.29) is 24.4 Å². The number of para-hydroxylation sites is 2. The molecule has 1 aliphatic heterocycles. The summed E-state index contributed by atoms with van der Waals surface area (Å²) in [5, 5.41) is 6.40. The monoisotopic (exact) mass is 393 g/mol. The standard InChI is InChI=1S/C23H27N3O3/c1-29-18-12-10-17(11-13-18)23(16-8-9-16)25-21(27)15-24-19-5-2-3-6-20(19)26-14-4-7-22(26)28/h2-3,5-6,10-13,16,23-24H,4,7-9,14-15H2,1H3,(H,25,27). The van der Waals surface area contributed by atoms with Crippen molar-refractivity contribution < 1.29 is 14.3 Å². The summed E-state index contributed by atoms with van der Waals surface area (Å²) >= 11 is 0. The van der Waals surface area contributed by atoms with Gasteiger partial charge in [-0.25, -0.2) is 0 Å². The van der Waals surface area contributed by atoms with Crippen molar-refractivity contribution >= 4 is 23.2 Å². The van der Waals surface area contributed by atoms with Crippen LogP contribution in [-0.2, 0) is 9.59 Å². The van der Waals surface area contributed by atoms with E-state index in [1.807, 2.05) is 48.5 Å². The molecule has 0 bridgehead atoms. The third-order valence-corrected chi connectivity index (χ3v) is 5.59. The number of benzene rings is 2. The first-order valence-corrected chi connectivity index (χ1v) is 10.2. The van der Waals surface area contributed by atoms with E-state index in [2.05, 4.69) is 10.6 Å². The maximum Gasteiger partial charge on any atom is 0.239 e. The van der Waals surface area contributed by atoms with E-state index in [1.165, 1.54) is 0 Å². The Balaban J connectivity index is 1.40. The third kappa shape index (κ3) is 4.53. The van der Waals surface area contributed by atoms with Gasteiger partial charge in [-0.05, 0) is 55.0 Å². The first-order chi connectivity index (χ1) is 14.2. The summed E-state index contributed by atoms with van der Waals surface area (Å²) in [5.41, 5.74) is 2.76. The largest absolute Gasteiger partial charge is 0.497 e. The Kier molecular flexibility index (Phi) is 5.69. The first-order valence-electron chi connectivity index (χ1n) is 10.2. The first kappa shape index (κ1) is 19.3. The molecule has 0 spiro atoms. The number of carbonyl (C=O) groups is 2. The van der Waals surface area contributed by atoms with Crippen molar-refractivity contribution in [2.75, 3.05) is 30.4 Å². The van der Waals surface area contributed by atoms with Gasteiger partial charge in [0, 0.05) is 13.0 Å². The number of carbonyl (C=O) groups excluding carboxylic acids is 2. The van der Waals surface area contributed by atoms with Crippen LogP contribution in [0, 0.1) is 5.92 Å². The third-order valence-electron chi connectivity index (χ3n) is 5.59. The maximum absolute atomic E-state index is 12.7. The van der Waals surface area contributed by atoms with Crippen LogP contribution >= 0.6 is 0 Å². The molecule has 1 atom stereocenters. The molecule has 1 aliphatic carbocycles. The second kappa shape index (κ2) is 8.55. The van der Waals surface area contributed by atoms with Gasteiger partial charge in [-0.2, -0.15) is 0 Å². The van der Waals surface area contributed by atoms with Crippen molar-refractivity contribution in [1.82, 2.24) is 5.32 Å². The Labute approximate surface area is 171 Å². The topological polar surface area (TPSA) is 70.7 Å². The molecule has 6 nitrogen and oxygen atoms in total. The number of anilines is 2. The van der Waals surface area contributed by atoms with Crippen LogP contribution in [-0.4, -0.2) is 32.0 Å². The predicted molar refractivity (Wildman–Crippen MR) is 113 cm³/mol. The molecule has 0 aromatic heterocycles. The van der Waals surface area contributed by atoms with Gasteiger partial charge in [-0.15, -0.1) is 0 Å². The van der Waals surface area contributed by atoms with Crippen molar-refractivity contribution in [3.8, 4) is 5.75 Å². The van der Waals surface area contributed by atoms with Crippen LogP contribution in [0.1, 0.15) is 37.3 Å². The maximum atomic E-state index is 12.7. The minimum atomic E-state index is -0.0553. The second-order valence-electron chi connectivity index (χ2n) is 7.68. The van der Waals surface area contributed by atoms with E-state index in [9.17, 15) is 9.59 Å². The van der Waals surface area contributed by atoms with Gasteiger partial charge in [0.1, 0.15) is 5.75 Å². The molecule has 2 amide bonds. The van der Waals surface area contributed by atoms with Gasteiger partial charge >= 0.3 is 0 Å². The number of nitrogens with zero attached hydrogens (tertiary/aromatic N) is 1. The molecule has 0 radical (unpaired) electrons. The van der Waals surface area contributed by atoms with Gasteiger partial charge in [0.25, 0.3) is 0 Å². The van der Waals surface area contributed by atoms with Crippen molar-refractivity contribution in [3.05, 3.63) is 54.1 Å². The van der Waals surface area contributed by atoms with Crippen LogP contribution in [0.25, 0.3) is 0 Å². The van der Waals surface area contributed by atoms with Crippen molar-refractivity contribution in [2.24, 2.45) is 5.92 Å². The molecule has 4 rings (SSSR count). The van der Waals surface area contributed by atoms with Crippen LogP contribution < -0.4 is 20.3 Å².